The fourth-order valence-corrected chi connectivity index (χ4v) is 3.31. The van der Waals surface area contributed by atoms with Crippen LogP contribution in [0, 0.1) is 17.0 Å². The largest absolute Gasteiger partial charge is 0.370 e. The summed E-state index contributed by atoms with van der Waals surface area (Å²) in [7, 11) is 3.13. The number of benzene rings is 1. The molecule has 1 aromatic carbocycles. The molecule has 0 aliphatic carbocycles. The molecule has 0 spiro atoms. The summed E-state index contributed by atoms with van der Waals surface area (Å²) in [4.78, 5) is 36.8. The minimum Gasteiger partial charge on any atom is -0.370 e. The third-order valence-corrected chi connectivity index (χ3v) is 5.14. The van der Waals surface area contributed by atoms with Crippen LogP contribution in [-0.2, 0) is 20.5 Å². The predicted molar refractivity (Wildman–Crippen MR) is 114 cm³/mol. The molecule has 0 fully saturated rings. The summed E-state index contributed by atoms with van der Waals surface area (Å²) in [5, 5.41) is 13.9. The Morgan fingerprint density at radius 2 is 1.76 bits per heavy atom. The number of non-ortho nitro benzene ring substituents is 1. The predicted octanol–water partition coefficient (Wildman–Crippen LogP) is 1.67. The number of nitrogens with zero attached hydrogens (tertiary/aromatic N) is 4. The van der Waals surface area contributed by atoms with Gasteiger partial charge in [0.05, 0.1) is 10.5 Å². The zero-order valence-electron chi connectivity index (χ0n) is 17.5. The second kappa shape index (κ2) is 10.0. The molecule has 2 rings (SSSR count). The van der Waals surface area contributed by atoms with Gasteiger partial charge in [-0.1, -0.05) is 19.1 Å². The van der Waals surface area contributed by atoms with Crippen molar-refractivity contribution in [2.75, 3.05) is 31.5 Å². The van der Waals surface area contributed by atoms with Crippen LogP contribution in [0.25, 0.3) is 0 Å². The molecule has 0 unspecified atom stereocenters. The smallest absolute Gasteiger partial charge is 0.332 e. The third-order valence-electron chi connectivity index (χ3n) is 5.14. The highest BCUT2D eigenvalue weighted by Gasteiger charge is 2.12. The Morgan fingerprint density at radius 1 is 1.10 bits per heavy atom. The molecule has 0 atom stereocenters. The van der Waals surface area contributed by atoms with E-state index in [1.165, 1.54) is 23.7 Å². The molecule has 29 heavy (non-hydrogen) atoms. The lowest BCUT2D eigenvalue weighted by atomic mass is 10.1. The van der Waals surface area contributed by atoms with E-state index in [0.29, 0.717) is 17.9 Å². The second-order valence-corrected chi connectivity index (χ2v) is 7.07. The van der Waals surface area contributed by atoms with E-state index in [2.05, 4.69) is 17.1 Å². The molecule has 0 aliphatic rings. The number of likely N-dealkylation sites (N-methyl/N-ethyl adjacent to an activating group) is 1. The van der Waals surface area contributed by atoms with Crippen LogP contribution in [0.15, 0.2) is 33.9 Å². The van der Waals surface area contributed by atoms with Crippen molar-refractivity contribution >= 4 is 11.5 Å². The highest BCUT2D eigenvalue weighted by molar-refractivity contribution is 5.42. The van der Waals surface area contributed by atoms with E-state index in [1.807, 2.05) is 0 Å². The van der Waals surface area contributed by atoms with Crippen LogP contribution >= 0.6 is 0 Å². The van der Waals surface area contributed by atoms with Gasteiger partial charge in [-0.15, -0.1) is 0 Å². The molecule has 1 aromatic heterocycles. The van der Waals surface area contributed by atoms with Gasteiger partial charge >= 0.3 is 5.69 Å². The van der Waals surface area contributed by atoms with E-state index in [-0.39, 0.29) is 16.9 Å². The minimum atomic E-state index is -0.393. The van der Waals surface area contributed by atoms with Gasteiger partial charge in [-0.2, -0.15) is 0 Å². The average molecular weight is 403 g/mol. The summed E-state index contributed by atoms with van der Waals surface area (Å²) in [6.45, 7) is 6.98. The summed E-state index contributed by atoms with van der Waals surface area (Å²) < 4.78 is 2.57. The van der Waals surface area contributed by atoms with Crippen molar-refractivity contribution < 1.29 is 4.92 Å². The topological polar surface area (TPSA) is 102 Å². The van der Waals surface area contributed by atoms with Crippen LogP contribution in [0.3, 0.4) is 0 Å². The molecule has 0 bridgehead atoms. The van der Waals surface area contributed by atoms with Gasteiger partial charge in [-0.3, -0.25) is 24.0 Å². The van der Waals surface area contributed by atoms with Crippen LogP contribution in [0.4, 0.5) is 11.5 Å². The number of hydrogen-bond acceptors (Lipinski definition) is 6. The Hall–Kier alpha value is -2.94. The Balaban J connectivity index is 1.86. The van der Waals surface area contributed by atoms with Crippen molar-refractivity contribution in [3.05, 3.63) is 66.3 Å². The van der Waals surface area contributed by atoms with E-state index in [0.717, 1.165) is 42.6 Å². The van der Waals surface area contributed by atoms with Gasteiger partial charge in [0.2, 0.25) is 0 Å². The van der Waals surface area contributed by atoms with E-state index in [4.69, 9.17) is 0 Å². The maximum Gasteiger partial charge on any atom is 0.332 e. The summed E-state index contributed by atoms with van der Waals surface area (Å²) in [5.74, 6) is 0.556. The first-order valence-electron chi connectivity index (χ1n) is 9.72. The Bertz CT molecular complexity index is 925. The highest BCUT2D eigenvalue weighted by atomic mass is 16.6. The lowest BCUT2D eigenvalue weighted by Gasteiger charge is -2.22. The van der Waals surface area contributed by atoms with Crippen LogP contribution in [0.2, 0.25) is 0 Å². The Kier molecular flexibility index (Phi) is 7.72. The first-order valence-corrected chi connectivity index (χ1v) is 9.72. The Morgan fingerprint density at radius 3 is 2.34 bits per heavy atom. The number of rotatable bonds is 10. The Labute approximate surface area is 169 Å². The molecule has 0 saturated heterocycles. The van der Waals surface area contributed by atoms with E-state index in [9.17, 15) is 19.7 Å². The molecule has 0 saturated carbocycles. The fraction of sp³-hybridized carbons (Fsp3) is 0.500. The molecular formula is C20H29N5O4. The number of hydrogen-bond donors (Lipinski definition) is 1. The van der Waals surface area contributed by atoms with Gasteiger partial charge in [-0.25, -0.2) is 4.79 Å². The summed E-state index contributed by atoms with van der Waals surface area (Å²) in [6, 6.07) is 6.67. The van der Waals surface area contributed by atoms with Crippen LogP contribution in [0.1, 0.15) is 24.5 Å². The number of aryl methyl sites for hydroxylation is 1. The molecule has 158 valence electrons. The fourth-order valence-electron chi connectivity index (χ4n) is 3.31. The zero-order valence-corrected chi connectivity index (χ0v) is 17.5. The lowest BCUT2D eigenvalue weighted by Crippen LogP contribution is -2.40. The van der Waals surface area contributed by atoms with Gasteiger partial charge in [0.1, 0.15) is 5.82 Å². The number of nitro groups is 1. The van der Waals surface area contributed by atoms with Gasteiger partial charge in [0.25, 0.3) is 11.2 Å². The van der Waals surface area contributed by atoms with Crippen molar-refractivity contribution in [2.45, 2.75) is 26.7 Å². The number of nitrogens with one attached hydrogen (secondary N) is 1. The SMILES string of the molecule is CCN(CCCc1ccc([N+](=O)[O-])cc1)CCNc1c(C)c(=O)n(C)c(=O)n1C. The van der Waals surface area contributed by atoms with Gasteiger partial charge in [0.15, 0.2) is 0 Å². The maximum atomic E-state index is 12.1. The van der Waals surface area contributed by atoms with Gasteiger partial charge in [0, 0.05) is 39.3 Å². The monoisotopic (exact) mass is 403 g/mol. The molecule has 0 aliphatic heterocycles. The quantitative estimate of drug-likeness (QED) is 0.478. The summed E-state index contributed by atoms with van der Waals surface area (Å²) in [6.07, 6.45) is 1.79. The number of anilines is 1. The van der Waals surface area contributed by atoms with Crippen LogP contribution in [-0.4, -0.2) is 45.1 Å². The van der Waals surface area contributed by atoms with Crippen molar-refractivity contribution in [3.63, 3.8) is 0 Å². The van der Waals surface area contributed by atoms with Gasteiger partial charge < -0.3 is 10.2 Å². The second-order valence-electron chi connectivity index (χ2n) is 7.07. The molecule has 1 heterocycles. The van der Waals surface area contributed by atoms with E-state index < -0.39 is 4.92 Å². The molecule has 9 heteroatoms. The summed E-state index contributed by atoms with van der Waals surface area (Å²) >= 11 is 0. The average Bonchev–Trinajstić information content (AvgIpc) is 2.72. The minimum absolute atomic E-state index is 0.107. The number of nitro benzene ring substituents is 1. The van der Waals surface area contributed by atoms with Crippen molar-refractivity contribution in [2.24, 2.45) is 14.1 Å². The van der Waals surface area contributed by atoms with Crippen molar-refractivity contribution in [1.29, 1.82) is 0 Å². The van der Waals surface area contributed by atoms with Crippen molar-refractivity contribution in [1.82, 2.24) is 14.0 Å². The summed E-state index contributed by atoms with van der Waals surface area (Å²) in [5.41, 5.74) is 1.08. The molecular weight excluding hydrogens is 374 g/mol. The zero-order chi connectivity index (χ0) is 21.6. The first-order chi connectivity index (χ1) is 13.8. The lowest BCUT2D eigenvalue weighted by molar-refractivity contribution is -0.384. The molecule has 0 amide bonds. The van der Waals surface area contributed by atoms with E-state index in [1.54, 1.807) is 26.1 Å². The van der Waals surface area contributed by atoms with Crippen LogP contribution in [0.5, 0.6) is 0 Å². The normalized spacial score (nSPS) is 11.1. The molecule has 1 N–H and O–H groups in total. The molecule has 0 radical (unpaired) electrons. The van der Waals surface area contributed by atoms with E-state index >= 15 is 0 Å². The first kappa shape index (κ1) is 22.4. The number of aromatic nitrogens is 2. The van der Waals surface area contributed by atoms with Crippen molar-refractivity contribution in [3.8, 4) is 0 Å². The molecule has 2 aromatic rings. The standard InChI is InChI=1S/C20H29N5O4/c1-5-24(13-6-7-16-8-10-17(11-9-16)25(28)29)14-12-21-18-15(2)19(26)23(4)20(27)22(18)3/h8-11,21H,5-7,12-14H2,1-4H3. The van der Waals surface area contributed by atoms with Gasteiger partial charge in [-0.05, 0) is 38.4 Å². The molecule has 9 nitrogen and oxygen atoms in total. The maximum absolute atomic E-state index is 12.1. The highest BCUT2D eigenvalue weighted by Crippen LogP contribution is 2.13. The van der Waals surface area contributed by atoms with Crippen LogP contribution < -0.4 is 16.6 Å². The third kappa shape index (κ3) is 5.54.